The number of phenols is 1. The van der Waals surface area contributed by atoms with E-state index in [4.69, 9.17) is 21.4 Å². The fourth-order valence-corrected chi connectivity index (χ4v) is 6.37. The lowest BCUT2D eigenvalue weighted by Gasteiger charge is -2.22. The van der Waals surface area contributed by atoms with Crippen LogP contribution in [0.15, 0.2) is 152 Å². The first-order valence-corrected chi connectivity index (χ1v) is 16.7. The fourth-order valence-electron chi connectivity index (χ4n) is 6.37. The minimum atomic E-state index is -2.98. The molecule has 254 valence electrons. The summed E-state index contributed by atoms with van der Waals surface area (Å²) in [5.41, 5.74) is 3.73. The molecule has 0 saturated heterocycles. The van der Waals surface area contributed by atoms with Crippen LogP contribution in [-0.4, -0.2) is 19.6 Å². The lowest BCUT2D eigenvalue weighted by Crippen LogP contribution is -2.11. The van der Waals surface area contributed by atoms with E-state index in [1.54, 1.807) is 54.6 Å². The highest BCUT2D eigenvalue weighted by Gasteiger charge is 2.23. The zero-order chi connectivity index (χ0) is 47.1. The molecule has 1 N–H and O–H groups in total. The number of pyridine rings is 1. The summed E-state index contributed by atoms with van der Waals surface area (Å²) in [5.74, 6) is 0.331. The predicted octanol–water partition coefficient (Wildman–Crippen LogP) is 12.4. The van der Waals surface area contributed by atoms with Crippen molar-refractivity contribution in [1.29, 1.82) is 0 Å². The number of nitrogens with zero attached hydrogens (tertiary/aromatic N) is 3. The van der Waals surface area contributed by atoms with Crippen LogP contribution >= 0.6 is 0 Å². The number of imidazole rings is 1. The van der Waals surface area contributed by atoms with E-state index in [0.717, 1.165) is 11.1 Å². The van der Waals surface area contributed by atoms with Gasteiger partial charge in [0.25, 0.3) is 0 Å². The van der Waals surface area contributed by atoms with Gasteiger partial charge in [-0.15, -0.1) is 0 Å². The van der Waals surface area contributed by atoms with E-state index >= 15 is 0 Å². The Kier molecular flexibility index (Phi) is 5.35. The van der Waals surface area contributed by atoms with Gasteiger partial charge >= 0.3 is 0 Å². The van der Waals surface area contributed by atoms with Crippen molar-refractivity contribution in [2.24, 2.45) is 0 Å². The van der Waals surface area contributed by atoms with Crippen LogP contribution in [0, 0.1) is 13.7 Å². The third kappa shape index (κ3) is 6.18. The van der Waals surface area contributed by atoms with Crippen LogP contribution < -0.4 is 0 Å². The molecule has 0 atom stereocenters. The maximum absolute atomic E-state index is 11.3. The SMILES string of the molecule is [2H]c1nc(-c2cc(-c3cccc4c3nc(-c3ccccc3O)n4-c3ccc(C([2H])([2H])[2H])cc3-c3ccccc3)cc(C(C)(C)C)c2)c([2H])c(-c2c([2H])c([2H])c(C([2H])([2H])[2H])c([2H])c2[2H])c1[2H]. The van der Waals surface area contributed by atoms with Crippen molar-refractivity contribution in [3.63, 3.8) is 0 Å². The molecule has 2 aromatic heterocycles. The van der Waals surface area contributed by atoms with E-state index in [9.17, 15) is 6.48 Å². The van der Waals surface area contributed by atoms with Crippen molar-refractivity contribution in [1.82, 2.24) is 14.5 Å². The number of aromatic hydroxyl groups is 1. The molecule has 0 aliphatic rings. The number of benzene rings is 6. The van der Waals surface area contributed by atoms with Crippen LogP contribution in [0.5, 0.6) is 5.75 Å². The highest BCUT2D eigenvalue weighted by Crippen LogP contribution is 2.41. The van der Waals surface area contributed by atoms with Crippen LogP contribution in [0.25, 0.3) is 72.7 Å². The molecule has 0 aliphatic carbocycles. The number of fused-ring (bicyclic) bond motifs is 1. The van der Waals surface area contributed by atoms with Crippen LogP contribution in [-0.2, 0) is 5.41 Å². The van der Waals surface area contributed by atoms with E-state index in [2.05, 4.69) is 4.98 Å². The van der Waals surface area contributed by atoms with Crippen molar-refractivity contribution in [2.45, 2.75) is 39.9 Å². The van der Waals surface area contributed by atoms with E-state index in [1.807, 2.05) is 79.9 Å². The smallest absolute Gasteiger partial charge is 0.149 e. The summed E-state index contributed by atoms with van der Waals surface area (Å²) in [6, 6.07) is 28.0. The standard InChI is InChI=1S/C48H41N3O/c1-31-18-21-33(22-19-31)35-24-25-49-42(30-35)37-27-36(28-38(29-37)48(3,4)5)39-15-11-16-44-46(39)50-47(40-14-9-10-17-45(40)52)51(44)43-23-20-32(2)26-41(43)34-12-7-6-8-13-34/h6-30,52H,1-5H3/i1D3,2D3,18D,19D,21D,22D,24D,25D,30D. The van der Waals surface area contributed by atoms with Gasteiger partial charge in [0.1, 0.15) is 11.6 Å². The Morgan fingerprint density at radius 3 is 2.15 bits per heavy atom. The first-order valence-electron chi connectivity index (χ1n) is 23.2. The maximum Gasteiger partial charge on any atom is 0.149 e. The summed E-state index contributed by atoms with van der Waals surface area (Å²) in [7, 11) is 0. The summed E-state index contributed by atoms with van der Waals surface area (Å²) < 4.78 is 112. The molecule has 0 spiro atoms. The van der Waals surface area contributed by atoms with Gasteiger partial charge in [-0.1, -0.05) is 123 Å². The molecule has 4 nitrogen and oxygen atoms in total. The Hall–Kier alpha value is -6.26. The molecule has 0 amide bonds. The van der Waals surface area contributed by atoms with Gasteiger partial charge in [-0.2, -0.15) is 0 Å². The molecule has 4 heteroatoms. The summed E-state index contributed by atoms with van der Waals surface area (Å²) in [6.45, 7) is 0.612. The lowest BCUT2D eigenvalue weighted by atomic mass is 9.83. The number of aromatic nitrogens is 3. The molecular weight excluding hydrogens is 635 g/mol. The van der Waals surface area contributed by atoms with Crippen LogP contribution in [0.3, 0.4) is 0 Å². The molecule has 0 aliphatic heterocycles. The third-order valence-electron chi connectivity index (χ3n) is 9.00. The Labute approximate surface area is 324 Å². The molecule has 0 bridgehead atoms. The van der Waals surface area contributed by atoms with Gasteiger partial charge in [0, 0.05) is 31.1 Å². The van der Waals surface area contributed by atoms with Crippen LogP contribution in [0.1, 0.15) is 55.3 Å². The lowest BCUT2D eigenvalue weighted by molar-refractivity contribution is 0.477. The monoisotopic (exact) mass is 688 g/mol. The van der Waals surface area contributed by atoms with E-state index in [1.165, 1.54) is 0 Å². The Morgan fingerprint density at radius 1 is 0.635 bits per heavy atom. The van der Waals surface area contributed by atoms with Gasteiger partial charge in [-0.25, -0.2) is 4.98 Å². The molecule has 8 rings (SSSR count). The second-order valence-electron chi connectivity index (χ2n) is 13.6. The van der Waals surface area contributed by atoms with Crippen LogP contribution in [0.2, 0.25) is 0 Å². The minimum Gasteiger partial charge on any atom is -0.507 e. The molecule has 0 radical (unpaired) electrons. The molecule has 0 saturated carbocycles. The van der Waals surface area contributed by atoms with Gasteiger partial charge < -0.3 is 5.11 Å². The average molecular weight is 689 g/mol. The van der Waals surface area contributed by atoms with Crippen molar-refractivity contribution in [2.75, 3.05) is 0 Å². The van der Waals surface area contributed by atoms with E-state index in [-0.39, 0.29) is 17.0 Å². The zero-order valence-electron chi connectivity index (χ0n) is 41.7. The molecule has 2 heterocycles. The van der Waals surface area contributed by atoms with Gasteiger partial charge in [-0.05, 0) is 101 Å². The number of rotatable bonds is 6. The van der Waals surface area contributed by atoms with Gasteiger partial charge in [0.2, 0.25) is 0 Å². The summed E-state index contributed by atoms with van der Waals surface area (Å²) >= 11 is 0. The largest absolute Gasteiger partial charge is 0.507 e. The van der Waals surface area contributed by atoms with Crippen LogP contribution in [0.4, 0.5) is 0 Å². The molecule has 0 unspecified atom stereocenters. The molecule has 6 aromatic carbocycles. The third-order valence-corrected chi connectivity index (χ3v) is 9.00. The van der Waals surface area contributed by atoms with E-state index in [0.29, 0.717) is 50.4 Å². The quantitative estimate of drug-likeness (QED) is 0.189. The number of aryl methyl sites for hydroxylation is 1. The normalized spacial score (nSPS) is 15.7. The number of hydrogen-bond acceptors (Lipinski definition) is 3. The summed E-state index contributed by atoms with van der Waals surface area (Å²) in [6.07, 6.45) is -0.600. The van der Waals surface area contributed by atoms with Gasteiger partial charge in [0.05, 0.1) is 37.6 Å². The Morgan fingerprint density at radius 2 is 1.38 bits per heavy atom. The van der Waals surface area contributed by atoms with Gasteiger partial charge in [0.15, 0.2) is 0 Å². The topological polar surface area (TPSA) is 50.9 Å². The second kappa shape index (κ2) is 13.1. The molecule has 0 fully saturated rings. The Bertz CT molecular complexity index is 3180. The first-order chi connectivity index (χ1) is 30.5. The zero-order valence-corrected chi connectivity index (χ0v) is 28.7. The number of hydrogen-bond donors (Lipinski definition) is 1. The summed E-state index contributed by atoms with van der Waals surface area (Å²) in [4.78, 5) is 9.60. The maximum atomic E-state index is 11.3. The highest BCUT2D eigenvalue weighted by atomic mass is 16.3. The highest BCUT2D eigenvalue weighted by molar-refractivity contribution is 5.97. The number of phenolic OH excluding ortho intramolecular Hbond substituents is 1. The number of para-hydroxylation sites is 2. The molecule has 52 heavy (non-hydrogen) atoms. The van der Waals surface area contributed by atoms with Crippen molar-refractivity contribution < 1.29 is 22.9 Å². The van der Waals surface area contributed by atoms with Gasteiger partial charge in [-0.3, -0.25) is 9.55 Å². The summed E-state index contributed by atoms with van der Waals surface area (Å²) in [5, 5.41) is 11.3. The van der Waals surface area contributed by atoms with Crippen molar-refractivity contribution >= 4 is 11.0 Å². The average Bonchev–Trinajstić information content (AvgIpc) is 3.64. The first kappa shape index (κ1) is 21.2. The molecular formula is C48H41N3O. The fraction of sp³-hybridized carbons (Fsp3) is 0.125. The predicted molar refractivity (Wildman–Crippen MR) is 216 cm³/mol. The molecule has 8 aromatic rings. The minimum absolute atomic E-state index is 0.0355. The Balaban J connectivity index is 1.42. The van der Waals surface area contributed by atoms with Crippen molar-refractivity contribution in [3.05, 3.63) is 168 Å². The second-order valence-corrected chi connectivity index (χ2v) is 13.6. The van der Waals surface area contributed by atoms with Crippen molar-refractivity contribution in [3.8, 4) is 67.5 Å². The van der Waals surface area contributed by atoms with E-state index < -0.39 is 78.2 Å².